The van der Waals surface area contributed by atoms with Crippen LogP contribution in [0.15, 0.2) is 24.3 Å². The zero-order valence-corrected chi connectivity index (χ0v) is 13.4. The summed E-state index contributed by atoms with van der Waals surface area (Å²) in [6, 6.07) is 5.36. The van der Waals surface area contributed by atoms with Crippen LogP contribution < -0.4 is 10.6 Å². The van der Waals surface area contributed by atoms with Gasteiger partial charge in [-0.2, -0.15) is 0 Å². The lowest BCUT2D eigenvalue weighted by molar-refractivity contribution is -0.150. The second-order valence-corrected chi connectivity index (χ2v) is 5.46. The Morgan fingerprint density at radius 2 is 1.92 bits per heavy atom. The maximum Gasteiger partial charge on any atom is 0.328 e. The van der Waals surface area contributed by atoms with Gasteiger partial charge in [-0.05, 0) is 24.3 Å². The van der Waals surface area contributed by atoms with Gasteiger partial charge in [0.15, 0.2) is 0 Å². The molecular weight excluding hydrogens is 314 g/mol. The van der Waals surface area contributed by atoms with Crippen LogP contribution in [0.5, 0.6) is 0 Å². The molecule has 1 aromatic rings. The molecule has 3 amide bonds. The molecule has 128 valence electrons. The first-order valence-corrected chi connectivity index (χ1v) is 7.42. The number of anilines is 1. The third-order valence-electron chi connectivity index (χ3n) is 3.89. The summed E-state index contributed by atoms with van der Waals surface area (Å²) in [5, 5.41) is 5.29. The highest BCUT2D eigenvalue weighted by Crippen LogP contribution is 2.20. The summed E-state index contributed by atoms with van der Waals surface area (Å²) in [5.74, 6) is -1.05. The molecule has 0 spiro atoms. The second kappa shape index (κ2) is 7.58. The Hall–Kier alpha value is -2.90. The molecule has 1 saturated heterocycles. The van der Waals surface area contributed by atoms with Crippen LogP contribution in [0.25, 0.3) is 0 Å². The van der Waals surface area contributed by atoms with Crippen LogP contribution in [0.3, 0.4) is 0 Å². The van der Waals surface area contributed by atoms with Crippen LogP contribution in [0, 0.1) is 0 Å². The van der Waals surface area contributed by atoms with E-state index in [0.717, 1.165) is 0 Å². The summed E-state index contributed by atoms with van der Waals surface area (Å²) in [7, 11) is 1.27. The summed E-state index contributed by atoms with van der Waals surface area (Å²) in [6.07, 6.45) is 0.861. The normalized spacial score (nSPS) is 19.5. The highest BCUT2D eigenvalue weighted by atomic mass is 16.5. The minimum Gasteiger partial charge on any atom is -0.467 e. The van der Waals surface area contributed by atoms with E-state index in [1.807, 2.05) is 0 Å². The number of likely N-dealkylation sites (tertiary alicyclic amines) is 1. The number of hydrogen-bond donors (Lipinski definition) is 2. The number of amides is 3. The van der Waals surface area contributed by atoms with Gasteiger partial charge in [0.1, 0.15) is 6.04 Å². The molecule has 0 aliphatic carbocycles. The quantitative estimate of drug-likeness (QED) is 0.589. The van der Waals surface area contributed by atoms with E-state index in [4.69, 9.17) is 4.74 Å². The standard InChI is InChI=1S/C16H19N3O5/c1-10(21)19-8-13(7-14(19)16(23)24-2)18-15(22)11-3-5-12(6-4-11)17-9-20/h3-6,9,13-14H,7-8H2,1-2H3,(H,17,20)(H,18,22)/t13-,14+/m1/s1. The van der Waals surface area contributed by atoms with Gasteiger partial charge in [-0.3, -0.25) is 14.4 Å². The predicted octanol–water partition coefficient (Wildman–Crippen LogP) is 0.147. The Balaban J connectivity index is 2.02. The average Bonchev–Trinajstić information content (AvgIpc) is 2.99. The Bertz CT molecular complexity index is 644. The van der Waals surface area contributed by atoms with Crippen molar-refractivity contribution in [3.05, 3.63) is 29.8 Å². The monoisotopic (exact) mass is 333 g/mol. The second-order valence-electron chi connectivity index (χ2n) is 5.46. The number of benzene rings is 1. The topological polar surface area (TPSA) is 105 Å². The van der Waals surface area contributed by atoms with E-state index in [2.05, 4.69) is 10.6 Å². The van der Waals surface area contributed by atoms with Gasteiger partial charge in [0.2, 0.25) is 12.3 Å². The van der Waals surface area contributed by atoms with Crippen molar-refractivity contribution in [3.63, 3.8) is 0 Å². The summed E-state index contributed by atoms with van der Waals surface area (Å²) in [4.78, 5) is 47.4. The fourth-order valence-corrected chi connectivity index (χ4v) is 2.70. The number of carbonyl (C=O) groups excluding carboxylic acids is 4. The predicted molar refractivity (Wildman–Crippen MR) is 85.2 cm³/mol. The van der Waals surface area contributed by atoms with E-state index in [1.165, 1.54) is 18.9 Å². The molecule has 1 aliphatic rings. The van der Waals surface area contributed by atoms with Gasteiger partial charge in [-0.25, -0.2) is 4.79 Å². The fraction of sp³-hybridized carbons (Fsp3) is 0.375. The van der Waals surface area contributed by atoms with Crippen molar-refractivity contribution in [3.8, 4) is 0 Å². The van der Waals surface area contributed by atoms with Crippen LogP contribution in [0.2, 0.25) is 0 Å². The molecule has 0 saturated carbocycles. The Morgan fingerprint density at radius 3 is 2.46 bits per heavy atom. The van der Waals surface area contributed by atoms with E-state index in [-0.39, 0.29) is 24.4 Å². The number of esters is 1. The SMILES string of the molecule is COC(=O)[C@@H]1C[C@@H](NC(=O)c2ccc(NC=O)cc2)CN1C(C)=O. The van der Waals surface area contributed by atoms with Crippen LogP contribution in [-0.2, 0) is 19.1 Å². The van der Waals surface area contributed by atoms with Crippen molar-refractivity contribution in [1.29, 1.82) is 0 Å². The molecule has 1 aromatic carbocycles. The van der Waals surface area contributed by atoms with Crippen molar-refractivity contribution >= 4 is 29.9 Å². The molecule has 0 aromatic heterocycles. The van der Waals surface area contributed by atoms with Gasteiger partial charge in [0, 0.05) is 37.2 Å². The molecule has 8 nitrogen and oxygen atoms in total. The largest absolute Gasteiger partial charge is 0.467 e. The molecule has 0 bridgehead atoms. The van der Waals surface area contributed by atoms with Crippen molar-refractivity contribution in [2.24, 2.45) is 0 Å². The van der Waals surface area contributed by atoms with Crippen molar-refractivity contribution in [2.75, 3.05) is 19.0 Å². The smallest absolute Gasteiger partial charge is 0.328 e. The van der Waals surface area contributed by atoms with Gasteiger partial charge in [0.25, 0.3) is 5.91 Å². The van der Waals surface area contributed by atoms with Crippen molar-refractivity contribution in [2.45, 2.75) is 25.4 Å². The van der Waals surface area contributed by atoms with E-state index in [9.17, 15) is 19.2 Å². The van der Waals surface area contributed by atoms with Crippen LogP contribution in [-0.4, -0.2) is 54.8 Å². The van der Waals surface area contributed by atoms with E-state index >= 15 is 0 Å². The maximum absolute atomic E-state index is 12.3. The molecule has 1 fully saturated rings. The Kier molecular flexibility index (Phi) is 5.51. The summed E-state index contributed by atoms with van der Waals surface area (Å²) in [5.41, 5.74) is 0.998. The highest BCUT2D eigenvalue weighted by Gasteiger charge is 2.39. The molecule has 0 unspecified atom stereocenters. The molecule has 1 heterocycles. The van der Waals surface area contributed by atoms with Gasteiger partial charge in [-0.15, -0.1) is 0 Å². The lowest BCUT2D eigenvalue weighted by atomic mass is 10.1. The van der Waals surface area contributed by atoms with Crippen LogP contribution in [0.4, 0.5) is 5.69 Å². The third kappa shape index (κ3) is 3.89. The molecule has 1 aliphatic heterocycles. The van der Waals surface area contributed by atoms with E-state index in [1.54, 1.807) is 24.3 Å². The first-order valence-electron chi connectivity index (χ1n) is 7.42. The number of carbonyl (C=O) groups is 4. The lowest BCUT2D eigenvalue weighted by Gasteiger charge is -2.20. The molecule has 2 rings (SSSR count). The Morgan fingerprint density at radius 1 is 1.25 bits per heavy atom. The number of nitrogens with zero attached hydrogens (tertiary/aromatic N) is 1. The minimum absolute atomic E-state index is 0.244. The summed E-state index contributed by atoms with van der Waals surface area (Å²) in [6.45, 7) is 1.63. The molecule has 24 heavy (non-hydrogen) atoms. The van der Waals surface area contributed by atoms with Gasteiger partial charge >= 0.3 is 5.97 Å². The number of methoxy groups -OCH3 is 1. The zero-order chi connectivity index (χ0) is 17.7. The zero-order valence-electron chi connectivity index (χ0n) is 13.4. The number of hydrogen-bond acceptors (Lipinski definition) is 5. The maximum atomic E-state index is 12.3. The fourth-order valence-electron chi connectivity index (χ4n) is 2.70. The Labute approximate surface area is 139 Å². The third-order valence-corrected chi connectivity index (χ3v) is 3.89. The van der Waals surface area contributed by atoms with Gasteiger partial charge in [-0.1, -0.05) is 0 Å². The number of ether oxygens (including phenoxy) is 1. The highest BCUT2D eigenvalue weighted by molar-refractivity contribution is 5.95. The molecular formula is C16H19N3O5. The van der Waals surface area contributed by atoms with Crippen molar-refractivity contribution < 1.29 is 23.9 Å². The minimum atomic E-state index is -0.683. The van der Waals surface area contributed by atoms with Crippen LogP contribution >= 0.6 is 0 Å². The van der Waals surface area contributed by atoms with Crippen LogP contribution in [0.1, 0.15) is 23.7 Å². The first kappa shape index (κ1) is 17.5. The number of nitrogens with one attached hydrogen (secondary N) is 2. The summed E-state index contributed by atoms with van der Waals surface area (Å²) >= 11 is 0. The van der Waals surface area contributed by atoms with Crippen molar-refractivity contribution in [1.82, 2.24) is 10.2 Å². The lowest BCUT2D eigenvalue weighted by Crippen LogP contribution is -2.40. The van der Waals surface area contributed by atoms with E-state index < -0.39 is 12.0 Å². The average molecular weight is 333 g/mol. The summed E-state index contributed by atoms with van der Waals surface area (Å²) < 4.78 is 4.71. The molecule has 2 atom stereocenters. The van der Waals surface area contributed by atoms with Gasteiger partial charge < -0.3 is 20.3 Å². The molecule has 8 heteroatoms. The molecule has 0 radical (unpaired) electrons. The van der Waals surface area contributed by atoms with E-state index in [0.29, 0.717) is 24.1 Å². The first-order chi connectivity index (χ1) is 11.5. The number of rotatable bonds is 5. The van der Waals surface area contributed by atoms with Gasteiger partial charge in [0.05, 0.1) is 7.11 Å². The molecule has 2 N–H and O–H groups in total.